The SMILES string of the molecule is CCn1ncc(Br)c1C(NN)c1ccoc1Cl. The van der Waals surface area contributed by atoms with Crippen LogP contribution in [0.3, 0.4) is 0 Å². The largest absolute Gasteiger partial charge is 0.453 e. The maximum absolute atomic E-state index is 5.97. The number of nitrogens with zero attached hydrogens (tertiary/aromatic N) is 2. The fourth-order valence-corrected chi connectivity index (χ4v) is 2.49. The highest BCUT2D eigenvalue weighted by Crippen LogP contribution is 2.32. The molecule has 2 rings (SSSR count). The fraction of sp³-hybridized carbons (Fsp3) is 0.300. The van der Waals surface area contributed by atoms with E-state index >= 15 is 0 Å². The summed E-state index contributed by atoms with van der Waals surface area (Å²) >= 11 is 9.43. The van der Waals surface area contributed by atoms with Gasteiger partial charge in [0.25, 0.3) is 0 Å². The predicted molar refractivity (Wildman–Crippen MR) is 68.5 cm³/mol. The number of hydrogen-bond acceptors (Lipinski definition) is 4. The van der Waals surface area contributed by atoms with Crippen molar-refractivity contribution in [1.82, 2.24) is 15.2 Å². The average molecular weight is 320 g/mol. The second kappa shape index (κ2) is 5.22. The van der Waals surface area contributed by atoms with E-state index in [1.165, 1.54) is 6.26 Å². The van der Waals surface area contributed by atoms with Gasteiger partial charge in [0.2, 0.25) is 0 Å². The highest BCUT2D eigenvalue weighted by atomic mass is 79.9. The molecule has 0 radical (unpaired) electrons. The lowest BCUT2D eigenvalue weighted by Crippen LogP contribution is -2.30. The molecule has 1 unspecified atom stereocenters. The molecule has 0 aliphatic carbocycles. The molecule has 17 heavy (non-hydrogen) atoms. The van der Waals surface area contributed by atoms with Crippen molar-refractivity contribution in [2.45, 2.75) is 19.5 Å². The van der Waals surface area contributed by atoms with Gasteiger partial charge in [0.15, 0.2) is 5.22 Å². The summed E-state index contributed by atoms with van der Waals surface area (Å²) in [4.78, 5) is 0. The van der Waals surface area contributed by atoms with Crippen LogP contribution in [0, 0.1) is 0 Å². The van der Waals surface area contributed by atoms with Gasteiger partial charge in [-0.05, 0) is 40.5 Å². The number of nitrogens with one attached hydrogen (secondary N) is 1. The van der Waals surface area contributed by atoms with E-state index in [1.807, 2.05) is 11.6 Å². The van der Waals surface area contributed by atoms with Crippen LogP contribution in [-0.4, -0.2) is 9.78 Å². The Bertz CT molecular complexity index is 510. The van der Waals surface area contributed by atoms with Crippen LogP contribution in [-0.2, 0) is 6.54 Å². The van der Waals surface area contributed by atoms with Crippen molar-refractivity contribution in [3.05, 3.63) is 39.5 Å². The molecule has 0 bridgehead atoms. The molecule has 2 aromatic heterocycles. The Labute approximate surface area is 112 Å². The van der Waals surface area contributed by atoms with E-state index in [4.69, 9.17) is 21.9 Å². The Kier molecular flexibility index (Phi) is 3.88. The van der Waals surface area contributed by atoms with Gasteiger partial charge in [-0.15, -0.1) is 0 Å². The Balaban J connectivity index is 2.49. The molecule has 5 nitrogen and oxygen atoms in total. The van der Waals surface area contributed by atoms with E-state index in [0.717, 1.165) is 22.3 Å². The van der Waals surface area contributed by atoms with Gasteiger partial charge in [0.05, 0.1) is 28.7 Å². The van der Waals surface area contributed by atoms with Crippen LogP contribution < -0.4 is 11.3 Å². The summed E-state index contributed by atoms with van der Waals surface area (Å²) in [7, 11) is 0. The summed E-state index contributed by atoms with van der Waals surface area (Å²) in [6.07, 6.45) is 3.26. The number of rotatable bonds is 4. The van der Waals surface area contributed by atoms with Crippen LogP contribution in [0.15, 0.2) is 27.4 Å². The Morgan fingerprint density at radius 3 is 3.00 bits per heavy atom. The van der Waals surface area contributed by atoms with Crippen LogP contribution in [0.2, 0.25) is 5.22 Å². The Morgan fingerprint density at radius 2 is 2.47 bits per heavy atom. The summed E-state index contributed by atoms with van der Waals surface area (Å²) in [5.41, 5.74) is 4.43. The molecule has 3 N–H and O–H groups in total. The summed E-state index contributed by atoms with van der Waals surface area (Å²) in [6.45, 7) is 2.75. The number of furan rings is 1. The monoisotopic (exact) mass is 318 g/mol. The zero-order chi connectivity index (χ0) is 12.4. The third kappa shape index (κ3) is 2.26. The number of aryl methyl sites for hydroxylation is 1. The maximum atomic E-state index is 5.97. The number of hydrogen-bond donors (Lipinski definition) is 2. The third-order valence-electron chi connectivity index (χ3n) is 2.53. The highest BCUT2D eigenvalue weighted by Gasteiger charge is 2.23. The van der Waals surface area contributed by atoms with Gasteiger partial charge < -0.3 is 4.42 Å². The molecule has 92 valence electrons. The number of aromatic nitrogens is 2. The first kappa shape index (κ1) is 12.6. The van der Waals surface area contributed by atoms with Crippen molar-refractivity contribution >= 4 is 27.5 Å². The molecule has 2 aromatic rings. The van der Waals surface area contributed by atoms with Crippen LogP contribution in [0.4, 0.5) is 0 Å². The van der Waals surface area contributed by atoms with Crippen molar-refractivity contribution in [1.29, 1.82) is 0 Å². The first-order valence-corrected chi connectivity index (χ1v) is 6.26. The van der Waals surface area contributed by atoms with Gasteiger partial charge in [-0.1, -0.05) is 0 Å². The fourth-order valence-electron chi connectivity index (χ4n) is 1.74. The zero-order valence-corrected chi connectivity index (χ0v) is 11.5. The van der Waals surface area contributed by atoms with Gasteiger partial charge in [-0.2, -0.15) is 5.10 Å². The van der Waals surface area contributed by atoms with Crippen molar-refractivity contribution in [2.24, 2.45) is 5.84 Å². The minimum Gasteiger partial charge on any atom is -0.453 e. The van der Waals surface area contributed by atoms with Gasteiger partial charge >= 0.3 is 0 Å². The molecular formula is C10H12BrClN4O. The first-order valence-electron chi connectivity index (χ1n) is 5.09. The van der Waals surface area contributed by atoms with E-state index in [2.05, 4.69) is 26.5 Å². The second-order valence-electron chi connectivity index (χ2n) is 3.44. The van der Waals surface area contributed by atoms with E-state index in [-0.39, 0.29) is 6.04 Å². The van der Waals surface area contributed by atoms with Gasteiger partial charge in [0, 0.05) is 12.1 Å². The van der Waals surface area contributed by atoms with E-state index in [9.17, 15) is 0 Å². The van der Waals surface area contributed by atoms with Gasteiger partial charge in [-0.25, -0.2) is 5.43 Å². The molecular weight excluding hydrogens is 307 g/mol. The van der Waals surface area contributed by atoms with Crippen LogP contribution in [0.25, 0.3) is 0 Å². The second-order valence-corrected chi connectivity index (χ2v) is 4.64. The summed E-state index contributed by atoms with van der Waals surface area (Å²) in [5, 5.41) is 4.57. The molecule has 0 fully saturated rings. The maximum Gasteiger partial charge on any atom is 0.198 e. The Morgan fingerprint density at radius 1 is 1.71 bits per heavy atom. The standard InChI is InChI=1S/C10H12BrClN4O/c1-2-16-9(7(11)5-14-16)8(15-13)6-3-4-17-10(6)12/h3-5,8,15H,2,13H2,1H3. The molecule has 0 aliphatic rings. The zero-order valence-electron chi connectivity index (χ0n) is 9.15. The van der Waals surface area contributed by atoms with Crippen molar-refractivity contribution < 1.29 is 4.42 Å². The third-order valence-corrected chi connectivity index (χ3v) is 3.45. The molecule has 0 saturated carbocycles. The van der Waals surface area contributed by atoms with Crippen molar-refractivity contribution in [2.75, 3.05) is 0 Å². The van der Waals surface area contributed by atoms with Crippen LogP contribution >= 0.6 is 27.5 Å². The summed E-state index contributed by atoms with van der Waals surface area (Å²) in [6, 6.07) is 1.52. The smallest absolute Gasteiger partial charge is 0.198 e. The van der Waals surface area contributed by atoms with E-state index in [1.54, 1.807) is 12.3 Å². The van der Waals surface area contributed by atoms with Crippen molar-refractivity contribution in [3.8, 4) is 0 Å². The minimum atomic E-state index is -0.266. The minimum absolute atomic E-state index is 0.266. The van der Waals surface area contributed by atoms with Crippen LogP contribution in [0.5, 0.6) is 0 Å². The predicted octanol–water partition coefficient (Wildman–Crippen LogP) is 2.46. The first-order chi connectivity index (χ1) is 8.19. The lowest BCUT2D eigenvalue weighted by Gasteiger charge is -2.17. The van der Waals surface area contributed by atoms with E-state index < -0.39 is 0 Å². The molecule has 0 spiro atoms. The topological polar surface area (TPSA) is 69.0 Å². The Hall–Kier alpha value is -0.820. The van der Waals surface area contributed by atoms with Crippen LogP contribution in [0.1, 0.15) is 24.2 Å². The van der Waals surface area contributed by atoms with Crippen molar-refractivity contribution in [3.63, 3.8) is 0 Å². The van der Waals surface area contributed by atoms with Gasteiger partial charge in [0.1, 0.15) is 0 Å². The van der Waals surface area contributed by atoms with Gasteiger partial charge in [-0.3, -0.25) is 10.5 Å². The molecule has 7 heteroatoms. The number of hydrazine groups is 1. The quantitative estimate of drug-likeness (QED) is 0.671. The lowest BCUT2D eigenvalue weighted by molar-refractivity contribution is 0.526. The molecule has 0 saturated heterocycles. The molecule has 0 aromatic carbocycles. The number of nitrogens with two attached hydrogens (primary N) is 1. The molecule has 1 atom stereocenters. The summed E-state index contributed by atoms with van der Waals surface area (Å²) in [5.74, 6) is 5.60. The molecule has 0 aliphatic heterocycles. The average Bonchev–Trinajstić information content (AvgIpc) is 2.89. The number of halogens is 2. The summed E-state index contributed by atoms with van der Waals surface area (Å²) < 4.78 is 7.80. The molecule has 0 amide bonds. The highest BCUT2D eigenvalue weighted by molar-refractivity contribution is 9.10. The normalized spacial score (nSPS) is 12.9. The molecule has 2 heterocycles. The van der Waals surface area contributed by atoms with E-state index in [0.29, 0.717) is 5.22 Å². The lowest BCUT2D eigenvalue weighted by atomic mass is 10.1.